The molecule has 0 amide bonds. The van der Waals surface area contributed by atoms with Crippen molar-refractivity contribution in [3.63, 3.8) is 0 Å². The van der Waals surface area contributed by atoms with E-state index in [4.69, 9.17) is 4.74 Å². The second-order valence-corrected chi connectivity index (χ2v) is 10.9. The van der Waals surface area contributed by atoms with E-state index in [1.165, 1.54) is 7.11 Å². The largest absolute Gasteiger partial charge is 0.465 e. The number of allylic oxidation sites excluding steroid dienone is 2. The normalized spacial score (nSPS) is 20.5. The molecule has 0 saturated carbocycles. The molecule has 3 aromatic carbocycles. The lowest BCUT2D eigenvalue weighted by molar-refractivity contribution is 0.0600. The van der Waals surface area contributed by atoms with Crippen molar-refractivity contribution in [1.29, 1.82) is 0 Å². The minimum absolute atomic E-state index is 0.0457. The van der Waals surface area contributed by atoms with Crippen molar-refractivity contribution in [3.8, 4) is 0 Å². The van der Waals surface area contributed by atoms with Crippen molar-refractivity contribution in [2.24, 2.45) is 5.92 Å². The van der Waals surface area contributed by atoms with E-state index in [2.05, 4.69) is 22.2 Å². The highest BCUT2D eigenvalue weighted by molar-refractivity contribution is 7.92. The first kappa shape index (κ1) is 23.2. The molecule has 3 atom stereocenters. The maximum absolute atomic E-state index is 13.3. The van der Waals surface area contributed by atoms with Crippen LogP contribution in [0.2, 0.25) is 0 Å². The van der Waals surface area contributed by atoms with Crippen LogP contribution in [0.25, 0.3) is 0 Å². The lowest BCUT2D eigenvalue weighted by Gasteiger charge is -2.37. The number of methoxy groups -OCH3 is 1. The zero-order valence-corrected chi connectivity index (χ0v) is 20.7. The number of benzene rings is 3. The molecule has 0 radical (unpaired) electrons. The molecule has 5 rings (SSSR count). The molecule has 7 heteroatoms. The van der Waals surface area contributed by atoms with Crippen molar-refractivity contribution in [2.45, 2.75) is 37.1 Å². The Kier molecular flexibility index (Phi) is 5.89. The van der Waals surface area contributed by atoms with Gasteiger partial charge in [0, 0.05) is 11.6 Å². The van der Waals surface area contributed by atoms with Gasteiger partial charge in [-0.2, -0.15) is 0 Å². The number of hydrogen-bond acceptors (Lipinski definition) is 5. The first-order valence-corrected chi connectivity index (χ1v) is 13.1. The number of anilines is 2. The van der Waals surface area contributed by atoms with Crippen LogP contribution in [-0.2, 0) is 14.8 Å². The Hall–Kier alpha value is -3.58. The van der Waals surface area contributed by atoms with Gasteiger partial charge in [-0.15, -0.1) is 0 Å². The number of sulfonamides is 1. The highest BCUT2D eigenvalue weighted by Gasteiger charge is 2.38. The fraction of sp³-hybridized carbons (Fsp3) is 0.250. The van der Waals surface area contributed by atoms with E-state index in [0.29, 0.717) is 11.3 Å². The third kappa shape index (κ3) is 4.21. The molecule has 2 aliphatic rings. The predicted molar refractivity (Wildman–Crippen MR) is 137 cm³/mol. The van der Waals surface area contributed by atoms with Gasteiger partial charge in [-0.25, -0.2) is 13.2 Å². The van der Waals surface area contributed by atoms with Crippen LogP contribution >= 0.6 is 0 Å². The van der Waals surface area contributed by atoms with Crippen molar-refractivity contribution in [3.05, 3.63) is 101 Å². The Morgan fingerprint density at radius 2 is 1.74 bits per heavy atom. The molecule has 0 saturated heterocycles. The number of carbonyl (C=O) groups is 1. The average Bonchev–Trinajstić information content (AvgIpc) is 3.36. The summed E-state index contributed by atoms with van der Waals surface area (Å²) in [5.41, 5.74) is 5.88. The quantitative estimate of drug-likeness (QED) is 0.355. The number of hydrogen-bond donors (Lipinski definition) is 2. The molecule has 1 aliphatic heterocycles. The molecule has 2 N–H and O–H groups in total. The molecule has 1 heterocycles. The summed E-state index contributed by atoms with van der Waals surface area (Å²) in [6, 6.07) is 18.5. The van der Waals surface area contributed by atoms with Gasteiger partial charge in [0.15, 0.2) is 0 Å². The van der Waals surface area contributed by atoms with Crippen LogP contribution in [0.15, 0.2) is 77.7 Å². The fourth-order valence-electron chi connectivity index (χ4n) is 5.18. The second-order valence-electron chi connectivity index (χ2n) is 9.21. The van der Waals surface area contributed by atoms with Gasteiger partial charge in [0.2, 0.25) is 0 Å². The number of para-hydroxylation sites is 1. The van der Waals surface area contributed by atoms with Crippen molar-refractivity contribution in [2.75, 3.05) is 17.1 Å². The van der Waals surface area contributed by atoms with E-state index in [1.807, 2.05) is 50.2 Å². The van der Waals surface area contributed by atoms with E-state index in [-0.39, 0.29) is 28.7 Å². The molecule has 6 nitrogen and oxygen atoms in total. The summed E-state index contributed by atoms with van der Waals surface area (Å²) < 4.78 is 34.2. The monoisotopic (exact) mass is 488 g/mol. The first-order chi connectivity index (χ1) is 16.8. The Bertz CT molecular complexity index is 1410. The topological polar surface area (TPSA) is 84.5 Å². The number of rotatable bonds is 5. The lowest BCUT2D eigenvalue weighted by atomic mass is 9.77. The molecule has 0 bridgehead atoms. The molecule has 180 valence electrons. The summed E-state index contributed by atoms with van der Waals surface area (Å²) in [7, 11) is -2.38. The smallest absolute Gasteiger partial charge is 0.337 e. The van der Waals surface area contributed by atoms with Gasteiger partial charge in [0.25, 0.3) is 10.0 Å². The molecule has 0 fully saturated rings. The third-order valence-corrected chi connectivity index (χ3v) is 8.40. The lowest BCUT2D eigenvalue weighted by Crippen LogP contribution is -2.29. The highest BCUT2D eigenvalue weighted by atomic mass is 32.2. The van der Waals surface area contributed by atoms with Crippen molar-refractivity contribution >= 4 is 27.4 Å². The number of carbonyl (C=O) groups excluding carboxylic acids is 1. The zero-order valence-electron chi connectivity index (χ0n) is 19.9. The molecule has 1 aliphatic carbocycles. The highest BCUT2D eigenvalue weighted by Crippen LogP contribution is 2.50. The van der Waals surface area contributed by atoms with Crippen LogP contribution in [0.4, 0.5) is 11.4 Å². The fourth-order valence-corrected chi connectivity index (χ4v) is 6.42. The van der Waals surface area contributed by atoms with Gasteiger partial charge in [-0.3, -0.25) is 4.72 Å². The van der Waals surface area contributed by atoms with E-state index in [1.54, 1.807) is 24.3 Å². The van der Waals surface area contributed by atoms with E-state index >= 15 is 0 Å². The van der Waals surface area contributed by atoms with Gasteiger partial charge in [0.05, 0.1) is 29.3 Å². The zero-order chi connectivity index (χ0) is 24.7. The molecule has 3 aromatic rings. The summed E-state index contributed by atoms with van der Waals surface area (Å²) in [6.07, 6.45) is 5.23. The maximum Gasteiger partial charge on any atom is 0.337 e. The van der Waals surface area contributed by atoms with Gasteiger partial charge in [-0.1, -0.05) is 42.5 Å². The summed E-state index contributed by atoms with van der Waals surface area (Å²) in [4.78, 5) is 12.1. The molecular formula is C28H28N2O4S. The SMILES string of the molecule is COC(=O)c1ccc([C@H]2Nc3ccc(S(=O)(=O)Nc4c(C)cccc4C)cc3[C@@H]3C=CC[C@@H]23)cc1. The van der Waals surface area contributed by atoms with Gasteiger partial charge < -0.3 is 10.1 Å². The minimum atomic E-state index is -3.75. The molecule has 35 heavy (non-hydrogen) atoms. The van der Waals surface area contributed by atoms with Crippen LogP contribution in [0, 0.1) is 19.8 Å². The van der Waals surface area contributed by atoms with Crippen LogP contribution in [0.1, 0.15) is 51.0 Å². The molecular weight excluding hydrogens is 460 g/mol. The van der Waals surface area contributed by atoms with E-state index < -0.39 is 10.0 Å². The summed E-state index contributed by atoms with van der Waals surface area (Å²) in [5.74, 6) is -0.00923. The van der Waals surface area contributed by atoms with E-state index in [9.17, 15) is 13.2 Å². The van der Waals surface area contributed by atoms with Crippen molar-refractivity contribution in [1.82, 2.24) is 0 Å². The number of aryl methyl sites for hydroxylation is 2. The number of ether oxygens (including phenoxy) is 1. The van der Waals surface area contributed by atoms with Gasteiger partial charge in [-0.05, 0) is 78.8 Å². The molecule has 0 aromatic heterocycles. The minimum Gasteiger partial charge on any atom is -0.465 e. The van der Waals surface area contributed by atoms with Crippen LogP contribution in [0.5, 0.6) is 0 Å². The van der Waals surface area contributed by atoms with Crippen LogP contribution < -0.4 is 10.0 Å². The molecule has 0 spiro atoms. The Morgan fingerprint density at radius 3 is 2.43 bits per heavy atom. The summed E-state index contributed by atoms with van der Waals surface area (Å²) in [5, 5.41) is 3.62. The Morgan fingerprint density at radius 1 is 1.03 bits per heavy atom. The predicted octanol–water partition coefficient (Wildman–Crippen LogP) is 5.72. The second kappa shape index (κ2) is 8.89. The maximum atomic E-state index is 13.3. The van der Waals surface area contributed by atoms with Gasteiger partial charge >= 0.3 is 5.97 Å². The van der Waals surface area contributed by atoms with Crippen LogP contribution in [0.3, 0.4) is 0 Å². The summed E-state index contributed by atoms with van der Waals surface area (Å²) in [6.45, 7) is 3.79. The van der Waals surface area contributed by atoms with Crippen molar-refractivity contribution < 1.29 is 17.9 Å². The Balaban J connectivity index is 1.46. The third-order valence-electron chi connectivity index (χ3n) is 7.05. The molecule has 0 unspecified atom stereocenters. The number of nitrogens with one attached hydrogen (secondary N) is 2. The van der Waals surface area contributed by atoms with E-state index in [0.717, 1.165) is 34.4 Å². The first-order valence-electron chi connectivity index (χ1n) is 11.6. The number of fused-ring (bicyclic) bond motifs is 3. The number of esters is 1. The Labute approximate surface area is 206 Å². The standard InChI is InChI=1S/C28H28N2O4S/c1-17-6-4-7-18(2)26(17)30-35(32,33)21-14-15-25-24(16-21)22-8-5-9-23(22)27(29-25)19-10-12-20(13-11-19)28(31)34-3/h4-8,10-16,22-23,27,29-30H,9H2,1-3H3/t22-,23-,27-/m1/s1. The average molecular weight is 489 g/mol. The van der Waals surface area contributed by atoms with Gasteiger partial charge in [0.1, 0.15) is 0 Å². The summed E-state index contributed by atoms with van der Waals surface area (Å²) >= 11 is 0. The van der Waals surface area contributed by atoms with Crippen LogP contribution in [-0.4, -0.2) is 21.5 Å².